The fraction of sp³-hybridized carbons (Fsp3) is 0.467. The zero-order valence-corrected chi connectivity index (χ0v) is 23.0. The van der Waals surface area contributed by atoms with Crippen LogP contribution < -0.4 is 10.2 Å². The molecule has 1 atom stereocenters. The molecule has 6 heteroatoms. The molecule has 2 aliphatic rings. The van der Waals surface area contributed by atoms with Gasteiger partial charge in [0.2, 0.25) is 0 Å². The van der Waals surface area contributed by atoms with E-state index in [2.05, 4.69) is 52.1 Å². The van der Waals surface area contributed by atoms with Gasteiger partial charge in [-0.25, -0.2) is 9.59 Å². The number of carbonyl (C=O) groups excluding carboxylic acids is 2. The lowest BCUT2D eigenvalue weighted by Gasteiger charge is -2.42. The van der Waals surface area contributed by atoms with Crippen LogP contribution in [0.5, 0.6) is 0 Å². The summed E-state index contributed by atoms with van der Waals surface area (Å²) in [4.78, 5) is 27.1. The van der Waals surface area contributed by atoms with Crippen molar-refractivity contribution in [2.75, 3.05) is 11.5 Å². The van der Waals surface area contributed by atoms with E-state index < -0.39 is 5.54 Å². The molecule has 5 nitrogen and oxygen atoms in total. The van der Waals surface area contributed by atoms with Crippen molar-refractivity contribution in [2.45, 2.75) is 72.8 Å². The van der Waals surface area contributed by atoms with E-state index in [0.717, 1.165) is 47.4 Å². The maximum atomic E-state index is 13.5. The fourth-order valence-corrected chi connectivity index (χ4v) is 5.53. The summed E-state index contributed by atoms with van der Waals surface area (Å²) in [5.41, 5.74) is 4.02. The van der Waals surface area contributed by atoms with E-state index in [1.807, 2.05) is 12.3 Å². The van der Waals surface area contributed by atoms with E-state index in [9.17, 15) is 9.59 Å². The van der Waals surface area contributed by atoms with E-state index >= 15 is 0 Å². The van der Waals surface area contributed by atoms with Crippen LogP contribution in [0, 0.1) is 10.8 Å². The predicted molar refractivity (Wildman–Crippen MR) is 145 cm³/mol. The normalized spacial score (nSPS) is 21.0. The number of esters is 1. The Bertz CT molecular complexity index is 1190. The third-order valence-corrected chi connectivity index (χ3v) is 7.81. The Kier molecular flexibility index (Phi) is 7.00. The SMILES string of the molecule is CCOC(=O)c1ccc(N2C=C3C(C)(C)CC[C@@]3(c3ccc(CCC(C)(C)C)c(Cl)c3)NC2=O)cc1. The second-order valence-corrected chi connectivity index (χ2v) is 12.2. The largest absolute Gasteiger partial charge is 0.462 e. The van der Waals surface area contributed by atoms with Crippen LogP contribution in [-0.2, 0) is 16.7 Å². The van der Waals surface area contributed by atoms with Gasteiger partial charge in [0.25, 0.3) is 0 Å². The highest BCUT2D eigenvalue weighted by Crippen LogP contribution is 2.55. The fourth-order valence-electron chi connectivity index (χ4n) is 5.25. The Morgan fingerprint density at radius 1 is 1.11 bits per heavy atom. The molecule has 2 amide bonds. The van der Waals surface area contributed by atoms with Gasteiger partial charge in [-0.1, -0.05) is 58.4 Å². The molecule has 0 aromatic heterocycles. The number of benzene rings is 2. The molecule has 36 heavy (non-hydrogen) atoms. The van der Waals surface area contributed by atoms with E-state index in [-0.39, 0.29) is 22.8 Å². The molecule has 2 aromatic carbocycles. The molecular formula is C30H37ClN2O3. The molecule has 0 bridgehead atoms. The van der Waals surface area contributed by atoms with Crippen molar-refractivity contribution in [1.29, 1.82) is 0 Å². The molecule has 1 saturated carbocycles. The number of ether oxygens (including phenoxy) is 1. The van der Waals surface area contributed by atoms with E-state index in [0.29, 0.717) is 17.9 Å². The van der Waals surface area contributed by atoms with Gasteiger partial charge in [0.1, 0.15) is 0 Å². The van der Waals surface area contributed by atoms with Crippen LogP contribution >= 0.6 is 11.6 Å². The summed E-state index contributed by atoms with van der Waals surface area (Å²) in [6, 6.07) is 13.0. The molecule has 0 radical (unpaired) electrons. The first-order valence-corrected chi connectivity index (χ1v) is 13.1. The number of anilines is 1. The average molecular weight is 509 g/mol. The average Bonchev–Trinajstić information content (AvgIpc) is 3.08. The monoisotopic (exact) mass is 508 g/mol. The lowest BCUT2D eigenvalue weighted by atomic mass is 9.76. The number of urea groups is 1. The first-order valence-electron chi connectivity index (χ1n) is 12.8. The number of fused-ring (bicyclic) bond motifs is 1. The number of halogens is 1. The van der Waals surface area contributed by atoms with Crippen molar-refractivity contribution in [3.63, 3.8) is 0 Å². The minimum atomic E-state index is -0.589. The summed E-state index contributed by atoms with van der Waals surface area (Å²) in [5, 5.41) is 4.09. The Balaban J connectivity index is 1.68. The molecule has 0 saturated heterocycles. The third kappa shape index (κ3) is 5.04. The van der Waals surface area contributed by atoms with Crippen molar-refractivity contribution in [2.24, 2.45) is 10.8 Å². The van der Waals surface area contributed by atoms with Crippen molar-refractivity contribution >= 4 is 29.3 Å². The van der Waals surface area contributed by atoms with Crippen LogP contribution in [0.15, 0.2) is 54.2 Å². The van der Waals surface area contributed by atoms with Crippen LogP contribution in [0.25, 0.3) is 0 Å². The summed E-state index contributed by atoms with van der Waals surface area (Å²) < 4.78 is 5.08. The van der Waals surface area contributed by atoms with Gasteiger partial charge in [-0.05, 0) is 90.5 Å². The number of aryl methyl sites for hydroxylation is 1. The highest BCUT2D eigenvalue weighted by molar-refractivity contribution is 6.31. The summed E-state index contributed by atoms with van der Waals surface area (Å²) in [6.07, 6.45) is 5.71. The smallest absolute Gasteiger partial charge is 0.338 e. The van der Waals surface area contributed by atoms with Crippen LogP contribution in [0.1, 0.15) is 82.3 Å². The first kappa shape index (κ1) is 26.3. The van der Waals surface area contributed by atoms with Gasteiger partial charge in [-0.15, -0.1) is 0 Å². The summed E-state index contributed by atoms with van der Waals surface area (Å²) in [5.74, 6) is -0.371. The van der Waals surface area contributed by atoms with Crippen molar-refractivity contribution in [3.8, 4) is 0 Å². The number of nitrogens with zero attached hydrogens (tertiary/aromatic N) is 1. The molecule has 192 valence electrons. The van der Waals surface area contributed by atoms with Gasteiger partial charge in [0, 0.05) is 11.2 Å². The van der Waals surface area contributed by atoms with Gasteiger partial charge in [-0.2, -0.15) is 0 Å². The zero-order valence-electron chi connectivity index (χ0n) is 22.2. The maximum absolute atomic E-state index is 13.5. The highest BCUT2D eigenvalue weighted by Gasteiger charge is 2.53. The van der Waals surface area contributed by atoms with E-state index in [4.69, 9.17) is 16.3 Å². The second kappa shape index (κ2) is 9.59. The molecule has 1 aliphatic carbocycles. The molecule has 1 heterocycles. The Morgan fingerprint density at radius 3 is 2.42 bits per heavy atom. The lowest BCUT2D eigenvalue weighted by molar-refractivity contribution is 0.0526. The standard InChI is InChI=1S/C30H37ClN2O3/c1-7-36-26(34)21-9-12-23(13-10-21)33-19-25-29(5,6)16-17-30(25,32-27(33)35)22-11-8-20(24(31)18-22)14-15-28(2,3)4/h8-13,18-19H,7,14-17H2,1-6H3,(H,32,35)/t30-/m0/s1. The van der Waals surface area contributed by atoms with Crippen molar-refractivity contribution < 1.29 is 14.3 Å². The predicted octanol–water partition coefficient (Wildman–Crippen LogP) is 7.62. The summed E-state index contributed by atoms with van der Waals surface area (Å²) in [7, 11) is 0. The van der Waals surface area contributed by atoms with Crippen LogP contribution in [0.2, 0.25) is 5.02 Å². The molecule has 0 unspecified atom stereocenters. The molecule has 0 spiro atoms. The number of carbonyl (C=O) groups is 2. The van der Waals surface area contributed by atoms with Gasteiger partial charge in [0.05, 0.1) is 23.4 Å². The number of rotatable bonds is 6. The molecule has 1 fully saturated rings. The van der Waals surface area contributed by atoms with Gasteiger partial charge in [0.15, 0.2) is 0 Å². The van der Waals surface area contributed by atoms with Crippen molar-refractivity contribution in [1.82, 2.24) is 5.32 Å². The van der Waals surface area contributed by atoms with Gasteiger partial charge >= 0.3 is 12.0 Å². The Hall–Kier alpha value is -2.79. The Labute approximate surface area is 219 Å². The minimum absolute atomic E-state index is 0.103. The van der Waals surface area contributed by atoms with Gasteiger partial charge in [-0.3, -0.25) is 4.90 Å². The molecule has 1 N–H and O–H groups in total. The van der Waals surface area contributed by atoms with Crippen molar-refractivity contribution in [3.05, 3.63) is 76.0 Å². The highest BCUT2D eigenvalue weighted by atomic mass is 35.5. The number of nitrogens with one attached hydrogen (secondary N) is 1. The minimum Gasteiger partial charge on any atom is -0.462 e. The number of hydrogen-bond donors (Lipinski definition) is 1. The number of amides is 2. The van der Waals surface area contributed by atoms with Gasteiger partial charge < -0.3 is 10.1 Å². The molecule has 1 aliphatic heterocycles. The number of hydrogen-bond acceptors (Lipinski definition) is 3. The molecule has 4 rings (SSSR count). The second-order valence-electron chi connectivity index (χ2n) is 11.8. The first-order chi connectivity index (χ1) is 16.9. The summed E-state index contributed by atoms with van der Waals surface area (Å²) in [6.45, 7) is 13.2. The van der Waals surface area contributed by atoms with E-state index in [1.54, 1.807) is 36.1 Å². The quantitative estimate of drug-likeness (QED) is 0.408. The zero-order chi connectivity index (χ0) is 26.3. The topological polar surface area (TPSA) is 58.6 Å². The maximum Gasteiger partial charge on any atom is 0.338 e. The molecule has 2 aromatic rings. The van der Waals surface area contributed by atoms with E-state index in [1.165, 1.54) is 0 Å². The van der Waals surface area contributed by atoms with Crippen LogP contribution in [0.4, 0.5) is 10.5 Å². The Morgan fingerprint density at radius 2 is 1.81 bits per heavy atom. The molecular weight excluding hydrogens is 472 g/mol. The third-order valence-electron chi connectivity index (χ3n) is 7.46. The van der Waals surface area contributed by atoms with Crippen LogP contribution in [-0.4, -0.2) is 18.6 Å². The summed E-state index contributed by atoms with van der Waals surface area (Å²) >= 11 is 6.78. The van der Waals surface area contributed by atoms with Crippen LogP contribution in [0.3, 0.4) is 0 Å². The lowest BCUT2D eigenvalue weighted by Crippen LogP contribution is -2.54.